The van der Waals surface area contributed by atoms with Crippen LogP contribution in [0.4, 0.5) is 0 Å². The van der Waals surface area contributed by atoms with E-state index < -0.39 is 0 Å². The first-order valence-corrected chi connectivity index (χ1v) is 6.89. The van der Waals surface area contributed by atoms with Gasteiger partial charge in [0, 0.05) is 16.5 Å². The number of nitrogens with zero attached hydrogens (tertiary/aromatic N) is 3. The molecule has 0 saturated carbocycles. The van der Waals surface area contributed by atoms with Gasteiger partial charge in [-0.05, 0) is 25.0 Å². The maximum absolute atomic E-state index is 9.37. The van der Waals surface area contributed by atoms with E-state index in [1.165, 1.54) is 0 Å². The molecule has 0 radical (unpaired) electrons. The molecule has 0 bridgehead atoms. The van der Waals surface area contributed by atoms with E-state index in [4.69, 9.17) is 0 Å². The van der Waals surface area contributed by atoms with Crippen LogP contribution in [0.5, 0.6) is 0 Å². The molecule has 0 fully saturated rings. The van der Waals surface area contributed by atoms with Crippen molar-refractivity contribution in [2.45, 2.75) is 25.3 Å². The second kappa shape index (κ2) is 4.82. The van der Waals surface area contributed by atoms with Crippen LogP contribution in [0.3, 0.4) is 0 Å². The fourth-order valence-corrected chi connectivity index (χ4v) is 2.75. The van der Waals surface area contributed by atoms with Crippen molar-refractivity contribution in [3.05, 3.63) is 34.6 Å². The molecule has 0 amide bonds. The second-order valence-corrected chi connectivity index (χ2v) is 5.45. The second-order valence-electron chi connectivity index (χ2n) is 4.54. The highest BCUT2D eigenvalue weighted by Crippen LogP contribution is 2.26. The highest BCUT2D eigenvalue weighted by atomic mass is 79.9. The standard InChI is InChI=1S/C13H14BrN3O/c14-10-4-1-3-9(7-10)13-15-12-6-2-5-11(8-18)17(12)16-13/h1,3-4,7,11,18H,2,5-6,8H2. The van der Waals surface area contributed by atoms with Gasteiger partial charge in [-0.25, -0.2) is 9.67 Å². The van der Waals surface area contributed by atoms with Gasteiger partial charge in [0.2, 0.25) is 0 Å². The normalized spacial score (nSPS) is 18.7. The molecule has 1 aliphatic rings. The molecule has 1 N–H and O–H groups in total. The summed E-state index contributed by atoms with van der Waals surface area (Å²) < 4.78 is 2.91. The summed E-state index contributed by atoms with van der Waals surface area (Å²) in [6.07, 6.45) is 2.99. The number of hydrogen-bond donors (Lipinski definition) is 1. The zero-order chi connectivity index (χ0) is 12.5. The lowest BCUT2D eigenvalue weighted by Gasteiger charge is -2.20. The van der Waals surface area contributed by atoms with Crippen molar-refractivity contribution in [3.63, 3.8) is 0 Å². The van der Waals surface area contributed by atoms with Crippen LogP contribution in [-0.4, -0.2) is 26.5 Å². The Morgan fingerprint density at radius 2 is 2.33 bits per heavy atom. The molecule has 1 aromatic heterocycles. The van der Waals surface area contributed by atoms with E-state index in [1.54, 1.807) is 0 Å². The van der Waals surface area contributed by atoms with E-state index in [1.807, 2.05) is 28.9 Å². The van der Waals surface area contributed by atoms with Gasteiger partial charge in [-0.15, -0.1) is 0 Å². The van der Waals surface area contributed by atoms with Gasteiger partial charge in [-0.3, -0.25) is 0 Å². The molecule has 2 heterocycles. The molecular formula is C13H14BrN3O. The Labute approximate surface area is 114 Å². The molecule has 0 saturated heterocycles. The van der Waals surface area contributed by atoms with Gasteiger partial charge in [0.25, 0.3) is 0 Å². The summed E-state index contributed by atoms with van der Waals surface area (Å²) >= 11 is 3.45. The number of fused-ring (bicyclic) bond motifs is 1. The van der Waals surface area contributed by atoms with Gasteiger partial charge in [-0.1, -0.05) is 28.1 Å². The van der Waals surface area contributed by atoms with E-state index in [-0.39, 0.29) is 12.6 Å². The highest BCUT2D eigenvalue weighted by Gasteiger charge is 2.22. The van der Waals surface area contributed by atoms with Crippen LogP contribution in [0.25, 0.3) is 11.4 Å². The molecule has 1 unspecified atom stereocenters. The van der Waals surface area contributed by atoms with Crippen LogP contribution >= 0.6 is 15.9 Å². The lowest BCUT2D eigenvalue weighted by molar-refractivity contribution is 0.195. The fourth-order valence-electron chi connectivity index (χ4n) is 2.36. The third-order valence-corrected chi connectivity index (χ3v) is 3.77. The SMILES string of the molecule is OCC1CCCc2nc(-c3cccc(Br)c3)nn21. The predicted octanol–water partition coefficient (Wildman–Crippen LogP) is 2.58. The van der Waals surface area contributed by atoms with E-state index >= 15 is 0 Å². The first-order chi connectivity index (χ1) is 8.78. The van der Waals surface area contributed by atoms with Crippen molar-refractivity contribution in [3.8, 4) is 11.4 Å². The van der Waals surface area contributed by atoms with E-state index in [2.05, 4.69) is 26.0 Å². The number of aryl methyl sites for hydroxylation is 1. The number of benzene rings is 1. The number of aliphatic hydroxyl groups excluding tert-OH is 1. The lowest BCUT2D eigenvalue weighted by atomic mass is 10.1. The number of hydrogen-bond acceptors (Lipinski definition) is 3. The quantitative estimate of drug-likeness (QED) is 0.928. The largest absolute Gasteiger partial charge is 0.394 e. The Morgan fingerprint density at radius 1 is 1.44 bits per heavy atom. The van der Waals surface area contributed by atoms with Crippen LogP contribution in [0.15, 0.2) is 28.7 Å². The monoisotopic (exact) mass is 307 g/mol. The Morgan fingerprint density at radius 3 is 3.11 bits per heavy atom. The summed E-state index contributed by atoms with van der Waals surface area (Å²) in [7, 11) is 0. The molecule has 94 valence electrons. The van der Waals surface area contributed by atoms with Gasteiger partial charge in [0.15, 0.2) is 5.82 Å². The van der Waals surface area contributed by atoms with Gasteiger partial charge in [0.05, 0.1) is 12.6 Å². The predicted molar refractivity (Wildman–Crippen MR) is 72.2 cm³/mol. The smallest absolute Gasteiger partial charge is 0.181 e. The zero-order valence-electron chi connectivity index (χ0n) is 9.88. The van der Waals surface area contributed by atoms with Crippen molar-refractivity contribution < 1.29 is 5.11 Å². The summed E-state index contributed by atoms with van der Waals surface area (Å²) in [5.41, 5.74) is 1.00. The van der Waals surface area contributed by atoms with Crippen molar-refractivity contribution in [1.82, 2.24) is 14.8 Å². The molecule has 0 spiro atoms. The van der Waals surface area contributed by atoms with Crippen LogP contribution in [0.1, 0.15) is 24.7 Å². The topological polar surface area (TPSA) is 50.9 Å². The summed E-state index contributed by atoms with van der Waals surface area (Å²) in [5.74, 6) is 1.72. The first kappa shape index (κ1) is 11.9. The van der Waals surface area contributed by atoms with Crippen LogP contribution in [0, 0.1) is 0 Å². The Hall–Kier alpha value is -1.20. The van der Waals surface area contributed by atoms with Crippen LogP contribution in [0.2, 0.25) is 0 Å². The van der Waals surface area contributed by atoms with Gasteiger partial charge >= 0.3 is 0 Å². The molecule has 18 heavy (non-hydrogen) atoms. The van der Waals surface area contributed by atoms with Crippen molar-refractivity contribution in [1.29, 1.82) is 0 Å². The van der Waals surface area contributed by atoms with Gasteiger partial charge in [0.1, 0.15) is 5.82 Å². The van der Waals surface area contributed by atoms with Crippen molar-refractivity contribution >= 4 is 15.9 Å². The van der Waals surface area contributed by atoms with Gasteiger partial charge in [-0.2, -0.15) is 5.10 Å². The minimum atomic E-state index is 0.0853. The Bertz CT molecular complexity index is 567. The Kier molecular flexibility index (Phi) is 3.18. The fraction of sp³-hybridized carbons (Fsp3) is 0.385. The number of aromatic nitrogens is 3. The average Bonchev–Trinajstić information content (AvgIpc) is 2.82. The summed E-state index contributed by atoms with van der Waals surface area (Å²) in [6, 6.07) is 8.05. The zero-order valence-corrected chi connectivity index (χ0v) is 11.5. The van der Waals surface area contributed by atoms with Crippen LogP contribution in [-0.2, 0) is 6.42 Å². The van der Waals surface area contributed by atoms with E-state index in [9.17, 15) is 5.11 Å². The minimum Gasteiger partial charge on any atom is -0.394 e. The molecule has 1 aromatic carbocycles. The Balaban J connectivity index is 2.02. The molecule has 1 aliphatic heterocycles. The summed E-state index contributed by atoms with van der Waals surface area (Å²) in [5, 5.41) is 13.9. The van der Waals surface area contributed by atoms with E-state index in [0.717, 1.165) is 40.9 Å². The molecule has 3 rings (SSSR count). The van der Waals surface area contributed by atoms with E-state index in [0.29, 0.717) is 0 Å². The first-order valence-electron chi connectivity index (χ1n) is 6.10. The molecular weight excluding hydrogens is 294 g/mol. The third-order valence-electron chi connectivity index (χ3n) is 3.28. The molecule has 1 atom stereocenters. The summed E-state index contributed by atoms with van der Waals surface area (Å²) in [4.78, 5) is 4.58. The number of aliphatic hydroxyl groups is 1. The van der Waals surface area contributed by atoms with Gasteiger partial charge < -0.3 is 5.11 Å². The highest BCUT2D eigenvalue weighted by molar-refractivity contribution is 9.10. The molecule has 5 heteroatoms. The number of rotatable bonds is 2. The van der Waals surface area contributed by atoms with Crippen molar-refractivity contribution in [2.24, 2.45) is 0 Å². The number of halogens is 1. The summed E-state index contributed by atoms with van der Waals surface area (Å²) in [6.45, 7) is 0.133. The minimum absolute atomic E-state index is 0.0853. The molecule has 0 aliphatic carbocycles. The lowest BCUT2D eigenvalue weighted by Crippen LogP contribution is -2.21. The van der Waals surface area contributed by atoms with Crippen molar-refractivity contribution in [2.75, 3.05) is 6.61 Å². The third kappa shape index (κ3) is 2.08. The molecule has 4 nitrogen and oxygen atoms in total. The molecule has 2 aromatic rings. The maximum atomic E-state index is 9.37. The van der Waals surface area contributed by atoms with Crippen LogP contribution < -0.4 is 0 Å². The maximum Gasteiger partial charge on any atom is 0.181 e. The average molecular weight is 308 g/mol.